The Bertz CT molecular complexity index is 839. The zero-order chi connectivity index (χ0) is 16.9. The van der Waals surface area contributed by atoms with Gasteiger partial charge in [0.1, 0.15) is 6.54 Å². The predicted octanol–water partition coefficient (Wildman–Crippen LogP) is 4.35. The van der Waals surface area contributed by atoms with Crippen molar-refractivity contribution in [2.24, 2.45) is 0 Å². The number of carbonyl (C=O) groups is 1. The fourth-order valence-electron chi connectivity index (χ4n) is 2.61. The molecule has 0 unspecified atom stereocenters. The Morgan fingerprint density at radius 1 is 1.12 bits per heavy atom. The van der Waals surface area contributed by atoms with Gasteiger partial charge in [-0.15, -0.1) is 0 Å². The number of carbonyl (C=O) groups excluding carboxylic acids is 1. The number of imidazole rings is 1. The summed E-state index contributed by atoms with van der Waals surface area (Å²) in [7, 11) is 0. The first-order valence-electron chi connectivity index (χ1n) is 8.18. The third-order valence-electron chi connectivity index (χ3n) is 3.84. The fourth-order valence-corrected chi connectivity index (χ4v) is 3.35. The van der Waals surface area contributed by atoms with Gasteiger partial charge in [0.05, 0.1) is 11.0 Å². The van der Waals surface area contributed by atoms with Crippen molar-refractivity contribution >= 4 is 34.4 Å². The number of hydrogen-bond acceptors (Lipinski definition) is 3. The van der Waals surface area contributed by atoms with Gasteiger partial charge >= 0.3 is 0 Å². The van der Waals surface area contributed by atoms with Gasteiger partial charge in [0.25, 0.3) is 0 Å². The molecule has 0 bridgehead atoms. The first-order valence-corrected chi connectivity index (χ1v) is 9.16. The lowest BCUT2D eigenvalue weighted by molar-refractivity contribution is -0.116. The van der Waals surface area contributed by atoms with Crippen LogP contribution in [0.4, 0.5) is 5.69 Å². The number of aromatic nitrogens is 2. The van der Waals surface area contributed by atoms with Crippen molar-refractivity contribution in [3.63, 3.8) is 0 Å². The van der Waals surface area contributed by atoms with Gasteiger partial charge in [-0.05, 0) is 42.0 Å². The molecule has 0 aliphatic carbocycles. The SMILES string of the molecule is CCSc1nc2ccccc2n1CC(=O)Nc1ccc(CC)cc1. The largest absolute Gasteiger partial charge is 0.325 e. The lowest BCUT2D eigenvalue weighted by Crippen LogP contribution is -2.19. The lowest BCUT2D eigenvalue weighted by Gasteiger charge is -2.10. The van der Waals surface area contributed by atoms with E-state index in [0.717, 1.165) is 34.1 Å². The molecule has 1 amide bonds. The van der Waals surface area contributed by atoms with E-state index in [1.54, 1.807) is 11.8 Å². The summed E-state index contributed by atoms with van der Waals surface area (Å²) in [5.74, 6) is 0.879. The standard InChI is InChI=1S/C19H21N3OS/c1-3-14-9-11-15(12-10-14)20-18(23)13-22-17-8-6-5-7-16(17)21-19(22)24-4-2/h5-12H,3-4,13H2,1-2H3,(H,20,23). The van der Waals surface area contributed by atoms with Crippen molar-refractivity contribution < 1.29 is 4.79 Å². The number of fused-ring (bicyclic) bond motifs is 1. The van der Waals surface area contributed by atoms with Crippen molar-refractivity contribution in [1.82, 2.24) is 9.55 Å². The Kier molecular flexibility index (Phi) is 5.20. The predicted molar refractivity (Wildman–Crippen MR) is 101 cm³/mol. The van der Waals surface area contributed by atoms with Crippen LogP contribution in [0.15, 0.2) is 53.7 Å². The van der Waals surface area contributed by atoms with Crippen LogP contribution in [0, 0.1) is 0 Å². The smallest absolute Gasteiger partial charge is 0.244 e. The van der Waals surface area contributed by atoms with Crippen LogP contribution < -0.4 is 5.32 Å². The maximum absolute atomic E-state index is 12.5. The quantitative estimate of drug-likeness (QED) is 0.679. The number of nitrogens with one attached hydrogen (secondary N) is 1. The van der Waals surface area contributed by atoms with Crippen LogP contribution in [0.2, 0.25) is 0 Å². The molecule has 5 heteroatoms. The second-order valence-electron chi connectivity index (χ2n) is 5.50. The van der Waals surface area contributed by atoms with E-state index in [9.17, 15) is 4.79 Å². The molecular weight excluding hydrogens is 318 g/mol. The van der Waals surface area contributed by atoms with Gasteiger partial charge in [0.15, 0.2) is 5.16 Å². The van der Waals surface area contributed by atoms with Gasteiger partial charge in [-0.1, -0.05) is 49.9 Å². The van der Waals surface area contributed by atoms with Crippen LogP contribution in [-0.4, -0.2) is 21.2 Å². The Morgan fingerprint density at radius 2 is 1.88 bits per heavy atom. The van der Waals surface area contributed by atoms with Crippen LogP contribution in [0.1, 0.15) is 19.4 Å². The second kappa shape index (κ2) is 7.53. The summed E-state index contributed by atoms with van der Waals surface area (Å²) in [6, 6.07) is 15.9. The molecule has 1 heterocycles. The highest BCUT2D eigenvalue weighted by molar-refractivity contribution is 7.99. The lowest BCUT2D eigenvalue weighted by atomic mass is 10.1. The average molecular weight is 339 g/mol. The maximum Gasteiger partial charge on any atom is 0.244 e. The normalized spacial score (nSPS) is 10.9. The summed E-state index contributed by atoms with van der Waals surface area (Å²) in [6.07, 6.45) is 0.993. The first-order chi connectivity index (χ1) is 11.7. The van der Waals surface area contributed by atoms with Crippen molar-refractivity contribution in [3.8, 4) is 0 Å². The van der Waals surface area contributed by atoms with Crippen LogP contribution in [0.5, 0.6) is 0 Å². The Hall–Kier alpha value is -2.27. The molecule has 124 valence electrons. The molecule has 0 aliphatic heterocycles. The molecular formula is C19H21N3OS. The molecule has 0 aliphatic rings. The number of rotatable bonds is 6. The zero-order valence-corrected chi connectivity index (χ0v) is 14.8. The molecule has 24 heavy (non-hydrogen) atoms. The van der Waals surface area contributed by atoms with Gasteiger partial charge in [-0.25, -0.2) is 4.98 Å². The molecule has 4 nitrogen and oxygen atoms in total. The molecule has 1 N–H and O–H groups in total. The minimum atomic E-state index is -0.0413. The number of thioether (sulfide) groups is 1. The number of hydrogen-bond donors (Lipinski definition) is 1. The monoisotopic (exact) mass is 339 g/mol. The number of aryl methyl sites for hydroxylation is 1. The summed E-state index contributed by atoms with van der Waals surface area (Å²) >= 11 is 1.65. The molecule has 0 spiro atoms. The van der Waals surface area contributed by atoms with Crippen LogP contribution in [-0.2, 0) is 17.8 Å². The van der Waals surface area contributed by atoms with E-state index in [4.69, 9.17) is 0 Å². The molecule has 0 saturated carbocycles. The third kappa shape index (κ3) is 3.62. The van der Waals surface area contributed by atoms with Crippen molar-refractivity contribution in [3.05, 3.63) is 54.1 Å². The summed E-state index contributed by atoms with van der Waals surface area (Å²) in [5.41, 5.74) is 4.00. The van der Waals surface area contributed by atoms with E-state index in [0.29, 0.717) is 0 Å². The Balaban J connectivity index is 1.80. The summed E-state index contributed by atoms with van der Waals surface area (Å²) < 4.78 is 1.99. The number of benzene rings is 2. The minimum absolute atomic E-state index is 0.0413. The van der Waals surface area contributed by atoms with Crippen LogP contribution in [0.3, 0.4) is 0 Å². The van der Waals surface area contributed by atoms with E-state index in [1.807, 2.05) is 53.1 Å². The van der Waals surface area contributed by atoms with Gasteiger partial charge < -0.3 is 9.88 Å². The molecule has 0 saturated heterocycles. The number of anilines is 1. The molecule has 1 aromatic heterocycles. The third-order valence-corrected chi connectivity index (χ3v) is 4.70. The number of amides is 1. The second-order valence-corrected chi connectivity index (χ2v) is 6.73. The van der Waals surface area contributed by atoms with Crippen LogP contribution >= 0.6 is 11.8 Å². The fraction of sp³-hybridized carbons (Fsp3) is 0.263. The molecule has 3 rings (SSSR count). The van der Waals surface area contributed by atoms with E-state index in [2.05, 4.69) is 24.1 Å². The average Bonchev–Trinajstić information content (AvgIpc) is 2.93. The Morgan fingerprint density at radius 3 is 2.58 bits per heavy atom. The molecule has 0 atom stereocenters. The van der Waals surface area contributed by atoms with Gasteiger partial charge in [0.2, 0.25) is 5.91 Å². The van der Waals surface area contributed by atoms with E-state index >= 15 is 0 Å². The minimum Gasteiger partial charge on any atom is -0.325 e. The molecule has 0 radical (unpaired) electrons. The molecule has 0 fully saturated rings. The number of para-hydroxylation sites is 2. The van der Waals surface area contributed by atoms with Crippen molar-refractivity contribution in [1.29, 1.82) is 0 Å². The van der Waals surface area contributed by atoms with Gasteiger partial charge in [0, 0.05) is 5.69 Å². The first kappa shape index (κ1) is 16.6. The van der Waals surface area contributed by atoms with E-state index in [-0.39, 0.29) is 12.5 Å². The van der Waals surface area contributed by atoms with Crippen LogP contribution in [0.25, 0.3) is 11.0 Å². The summed E-state index contributed by atoms with van der Waals surface area (Å²) in [5, 5.41) is 3.85. The zero-order valence-electron chi connectivity index (χ0n) is 14.0. The molecule has 2 aromatic carbocycles. The summed E-state index contributed by atoms with van der Waals surface area (Å²) in [6.45, 7) is 4.47. The highest BCUT2D eigenvalue weighted by Gasteiger charge is 2.13. The number of nitrogens with zero attached hydrogens (tertiary/aromatic N) is 2. The highest BCUT2D eigenvalue weighted by Crippen LogP contribution is 2.24. The Labute approximate surface area is 146 Å². The highest BCUT2D eigenvalue weighted by atomic mass is 32.2. The van der Waals surface area contributed by atoms with Crippen molar-refractivity contribution in [2.45, 2.75) is 32.0 Å². The van der Waals surface area contributed by atoms with Gasteiger partial charge in [-0.3, -0.25) is 4.79 Å². The van der Waals surface area contributed by atoms with Gasteiger partial charge in [-0.2, -0.15) is 0 Å². The molecule has 3 aromatic rings. The maximum atomic E-state index is 12.5. The van der Waals surface area contributed by atoms with E-state index in [1.165, 1.54) is 5.56 Å². The topological polar surface area (TPSA) is 46.9 Å². The summed E-state index contributed by atoms with van der Waals surface area (Å²) in [4.78, 5) is 17.1. The van der Waals surface area contributed by atoms with Crippen molar-refractivity contribution in [2.75, 3.05) is 11.1 Å². The van der Waals surface area contributed by atoms with E-state index < -0.39 is 0 Å².